The topological polar surface area (TPSA) is 101 Å². The Morgan fingerprint density at radius 1 is 1.14 bits per heavy atom. The van der Waals surface area contributed by atoms with Crippen molar-refractivity contribution in [2.45, 2.75) is 11.8 Å². The number of aromatic nitrogens is 2. The van der Waals surface area contributed by atoms with Gasteiger partial charge < -0.3 is 10.7 Å². The van der Waals surface area contributed by atoms with E-state index >= 15 is 0 Å². The number of benzene rings is 2. The normalized spacial score (nSPS) is 11.7. The Bertz CT molecular complexity index is 862. The summed E-state index contributed by atoms with van der Waals surface area (Å²) in [6, 6.07) is 12.3. The number of imidazole rings is 1. The highest BCUT2D eigenvalue weighted by molar-refractivity contribution is 7.93. The van der Waals surface area contributed by atoms with Gasteiger partial charge in [0.15, 0.2) is 0 Å². The maximum Gasteiger partial charge on any atom is 0.266 e. The van der Waals surface area contributed by atoms with E-state index in [1.165, 1.54) is 0 Å². The fraction of sp³-hybridized carbons (Fsp3) is 0.0714. The highest BCUT2D eigenvalue weighted by atomic mass is 32.2. The molecule has 2 aromatic carbocycles. The number of hydrogen-bond donors (Lipinski definition) is 3. The van der Waals surface area contributed by atoms with Crippen molar-refractivity contribution in [1.82, 2.24) is 9.97 Å². The number of hydrogen-bond acceptors (Lipinski definition) is 4. The molecule has 6 nitrogen and oxygen atoms in total. The minimum Gasteiger partial charge on any atom is -0.398 e. The Labute approximate surface area is 122 Å². The van der Waals surface area contributed by atoms with Crippen LogP contribution in [0.1, 0.15) is 5.56 Å². The van der Waals surface area contributed by atoms with Gasteiger partial charge in [0, 0.05) is 0 Å². The molecule has 0 spiro atoms. The van der Waals surface area contributed by atoms with E-state index in [-0.39, 0.29) is 16.5 Å². The monoisotopic (exact) mass is 302 g/mol. The molecule has 0 saturated heterocycles. The molecule has 4 N–H and O–H groups in total. The van der Waals surface area contributed by atoms with Crippen molar-refractivity contribution < 1.29 is 8.42 Å². The number of anilines is 2. The summed E-state index contributed by atoms with van der Waals surface area (Å²) >= 11 is 0. The Kier molecular flexibility index (Phi) is 3.06. The molecule has 0 amide bonds. The molecule has 3 rings (SSSR count). The van der Waals surface area contributed by atoms with Crippen LogP contribution in [-0.4, -0.2) is 18.4 Å². The van der Waals surface area contributed by atoms with Crippen LogP contribution in [0.15, 0.2) is 47.4 Å². The van der Waals surface area contributed by atoms with Crippen molar-refractivity contribution in [2.24, 2.45) is 0 Å². The quantitative estimate of drug-likeness (QED) is 0.646. The minimum atomic E-state index is -3.79. The SMILES string of the molecule is Cc1cccc(N)c1S(=O)(=O)Nc1nc2ccccc2[nH]1. The van der Waals surface area contributed by atoms with Crippen LogP contribution in [0.5, 0.6) is 0 Å². The van der Waals surface area contributed by atoms with Gasteiger partial charge in [0.05, 0.1) is 16.7 Å². The summed E-state index contributed by atoms with van der Waals surface area (Å²) in [6.45, 7) is 1.70. The van der Waals surface area contributed by atoms with Gasteiger partial charge in [-0.1, -0.05) is 24.3 Å². The Balaban J connectivity index is 2.03. The first-order valence-electron chi connectivity index (χ1n) is 6.30. The lowest BCUT2D eigenvalue weighted by Crippen LogP contribution is -2.17. The zero-order chi connectivity index (χ0) is 15.0. The van der Waals surface area contributed by atoms with Crippen molar-refractivity contribution in [2.75, 3.05) is 10.5 Å². The van der Waals surface area contributed by atoms with E-state index in [4.69, 9.17) is 5.73 Å². The van der Waals surface area contributed by atoms with Crippen LogP contribution in [0, 0.1) is 6.92 Å². The largest absolute Gasteiger partial charge is 0.398 e. The molecule has 0 radical (unpaired) electrons. The lowest BCUT2D eigenvalue weighted by molar-refractivity contribution is 0.600. The number of nitrogens with two attached hydrogens (primary N) is 1. The van der Waals surface area contributed by atoms with Crippen molar-refractivity contribution in [3.05, 3.63) is 48.0 Å². The van der Waals surface area contributed by atoms with Gasteiger partial charge in [-0.3, -0.25) is 0 Å². The Morgan fingerprint density at radius 2 is 1.90 bits per heavy atom. The van der Waals surface area contributed by atoms with Crippen LogP contribution >= 0.6 is 0 Å². The predicted molar refractivity (Wildman–Crippen MR) is 82.5 cm³/mol. The minimum absolute atomic E-state index is 0.0745. The first-order valence-corrected chi connectivity index (χ1v) is 7.78. The van der Waals surface area contributed by atoms with Crippen LogP contribution in [0.2, 0.25) is 0 Å². The number of aromatic amines is 1. The van der Waals surface area contributed by atoms with E-state index < -0.39 is 10.0 Å². The average molecular weight is 302 g/mol. The number of sulfonamides is 1. The lowest BCUT2D eigenvalue weighted by atomic mass is 10.2. The predicted octanol–water partition coefficient (Wildman–Crippen LogP) is 2.25. The van der Waals surface area contributed by atoms with Gasteiger partial charge >= 0.3 is 0 Å². The standard InChI is InChI=1S/C14H14N4O2S/c1-9-5-4-6-10(15)13(9)21(19,20)18-14-16-11-7-2-3-8-12(11)17-14/h2-8H,15H2,1H3,(H2,16,17,18). The zero-order valence-electron chi connectivity index (χ0n) is 11.3. The average Bonchev–Trinajstić information content (AvgIpc) is 2.79. The molecule has 108 valence electrons. The van der Waals surface area contributed by atoms with E-state index in [2.05, 4.69) is 14.7 Å². The van der Waals surface area contributed by atoms with Crippen molar-refractivity contribution in [3.63, 3.8) is 0 Å². The van der Waals surface area contributed by atoms with Gasteiger partial charge in [0.25, 0.3) is 10.0 Å². The molecule has 0 atom stereocenters. The molecule has 0 aliphatic heterocycles. The van der Waals surface area contributed by atoms with E-state index in [1.807, 2.05) is 18.2 Å². The second-order valence-corrected chi connectivity index (χ2v) is 6.32. The number of nitrogen functional groups attached to an aromatic ring is 1. The van der Waals surface area contributed by atoms with E-state index in [0.29, 0.717) is 11.1 Å². The Morgan fingerprint density at radius 3 is 2.62 bits per heavy atom. The number of rotatable bonds is 3. The van der Waals surface area contributed by atoms with Crippen LogP contribution in [0.25, 0.3) is 11.0 Å². The van der Waals surface area contributed by atoms with Gasteiger partial charge in [-0.25, -0.2) is 18.1 Å². The lowest BCUT2D eigenvalue weighted by Gasteiger charge is -2.10. The summed E-state index contributed by atoms with van der Waals surface area (Å²) in [4.78, 5) is 7.19. The molecule has 0 bridgehead atoms. The first-order chi connectivity index (χ1) is 9.97. The van der Waals surface area contributed by atoms with Crippen LogP contribution in [-0.2, 0) is 10.0 Å². The maximum atomic E-state index is 12.5. The fourth-order valence-corrected chi connectivity index (χ4v) is 3.55. The van der Waals surface area contributed by atoms with Crippen LogP contribution in [0.3, 0.4) is 0 Å². The zero-order valence-corrected chi connectivity index (χ0v) is 12.1. The van der Waals surface area contributed by atoms with Gasteiger partial charge in [0.2, 0.25) is 5.95 Å². The molecule has 1 heterocycles. The van der Waals surface area contributed by atoms with Crippen molar-refractivity contribution in [3.8, 4) is 0 Å². The third-order valence-corrected chi connectivity index (χ3v) is 4.69. The molecule has 0 saturated carbocycles. The van der Waals surface area contributed by atoms with Crippen LogP contribution in [0.4, 0.5) is 11.6 Å². The number of nitrogens with zero attached hydrogens (tertiary/aromatic N) is 1. The first kappa shape index (κ1) is 13.4. The molecule has 1 aromatic heterocycles. The summed E-state index contributed by atoms with van der Waals surface area (Å²) in [5.74, 6) is 0.166. The molecule has 0 aliphatic carbocycles. The highest BCUT2D eigenvalue weighted by Gasteiger charge is 2.21. The van der Waals surface area contributed by atoms with Gasteiger partial charge in [0.1, 0.15) is 4.90 Å². The molecular formula is C14H14N4O2S. The summed E-state index contributed by atoms with van der Waals surface area (Å²) in [6.07, 6.45) is 0. The number of para-hydroxylation sites is 2. The number of fused-ring (bicyclic) bond motifs is 1. The van der Waals surface area contributed by atoms with Crippen molar-refractivity contribution in [1.29, 1.82) is 0 Å². The van der Waals surface area contributed by atoms with Gasteiger partial charge in [-0.05, 0) is 30.7 Å². The van der Waals surface area contributed by atoms with Crippen molar-refractivity contribution >= 4 is 32.7 Å². The van der Waals surface area contributed by atoms with Gasteiger partial charge in [-0.15, -0.1) is 0 Å². The van der Waals surface area contributed by atoms with E-state index in [1.54, 1.807) is 31.2 Å². The number of nitrogens with one attached hydrogen (secondary N) is 2. The second-order valence-electron chi connectivity index (χ2n) is 4.70. The van der Waals surface area contributed by atoms with Crippen LogP contribution < -0.4 is 10.5 Å². The summed E-state index contributed by atoms with van der Waals surface area (Å²) in [5.41, 5.74) is 8.02. The molecule has 7 heteroatoms. The third-order valence-electron chi connectivity index (χ3n) is 3.13. The van der Waals surface area contributed by atoms with E-state index in [9.17, 15) is 8.42 Å². The maximum absolute atomic E-state index is 12.5. The third kappa shape index (κ3) is 2.43. The fourth-order valence-electron chi connectivity index (χ4n) is 2.22. The molecule has 0 aliphatic rings. The number of H-pyrrole nitrogens is 1. The summed E-state index contributed by atoms with van der Waals surface area (Å²) in [5, 5.41) is 0. The summed E-state index contributed by atoms with van der Waals surface area (Å²) in [7, 11) is -3.79. The molecule has 3 aromatic rings. The Hall–Kier alpha value is -2.54. The molecule has 0 unspecified atom stereocenters. The number of aryl methyl sites for hydroxylation is 1. The second kappa shape index (κ2) is 4.78. The summed E-state index contributed by atoms with van der Waals surface area (Å²) < 4.78 is 27.4. The van der Waals surface area contributed by atoms with E-state index in [0.717, 1.165) is 5.52 Å². The highest BCUT2D eigenvalue weighted by Crippen LogP contribution is 2.24. The smallest absolute Gasteiger partial charge is 0.266 e. The molecular weight excluding hydrogens is 288 g/mol. The molecule has 0 fully saturated rings. The van der Waals surface area contributed by atoms with Gasteiger partial charge in [-0.2, -0.15) is 0 Å². The molecule has 21 heavy (non-hydrogen) atoms.